The van der Waals surface area contributed by atoms with Gasteiger partial charge in [0.05, 0.1) is 0 Å². The van der Waals surface area contributed by atoms with Gasteiger partial charge in [-0.2, -0.15) is 0 Å². The van der Waals surface area contributed by atoms with E-state index in [1.165, 1.54) is 6.07 Å². The van der Waals surface area contributed by atoms with Crippen molar-refractivity contribution in [3.05, 3.63) is 32.3 Å². The molecule has 0 aromatic carbocycles. The zero-order chi connectivity index (χ0) is 15.4. The molecule has 2 heterocycles. The lowest BCUT2D eigenvalue weighted by molar-refractivity contribution is -0.132. The Labute approximate surface area is 122 Å². The number of piperidine rings is 1. The lowest BCUT2D eigenvalue weighted by atomic mass is 10.0. The quantitative estimate of drug-likeness (QED) is 0.736. The zero-order valence-electron chi connectivity index (χ0n) is 12.5. The molecule has 1 aliphatic heterocycles. The minimum atomic E-state index is -0.671. The number of rotatable bonds is 4. The molecule has 1 fully saturated rings. The third-order valence-electron chi connectivity index (χ3n) is 4.02. The van der Waals surface area contributed by atoms with Crippen molar-refractivity contribution in [3.8, 4) is 0 Å². The van der Waals surface area contributed by atoms with Gasteiger partial charge in [-0.25, -0.2) is 0 Å². The van der Waals surface area contributed by atoms with Crippen LogP contribution in [0, 0.1) is 0 Å². The molecule has 7 heteroatoms. The van der Waals surface area contributed by atoms with Gasteiger partial charge in [-0.05, 0) is 33.4 Å². The predicted octanol–water partition coefficient (Wildman–Crippen LogP) is -0.452. The Bertz CT molecular complexity index is 597. The number of aromatic amines is 2. The van der Waals surface area contributed by atoms with Crippen LogP contribution in [-0.2, 0) is 11.2 Å². The summed E-state index contributed by atoms with van der Waals surface area (Å²) in [6, 6.07) is 1.80. The molecule has 0 aliphatic carbocycles. The monoisotopic (exact) mass is 294 g/mol. The number of amides is 1. The van der Waals surface area contributed by atoms with Crippen LogP contribution >= 0.6 is 0 Å². The van der Waals surface area contributed by atoms with Gasteiger partial charge in [-0.3, -0.25) is 19.5 Å². The molecule has 0 spiro atoms. The van der Waals surface area contributed by atoms with Gasteiger partial charge in [-0.15, -0.1) is 0 Å². The highest BCUT2D eigenvalue weighted by Gasteiger charge is 2.23. The molecule has 0 radical (unpaired) electrons. The summed E-state index contributed by atoms with van der Waals surface area (Å²) < 4.78 is 0. The second-order valence-electron chi connectivity index (χ2n) is 5.69. The van der Waals surface area contributed by atoms with E-state index in [1.54, 1.807) is 0 Å². The standard InChI is InChI=1S/C14H22N4O3/c1-17(2)11-5-7-18(8-6-11)13(20)4-3-10-9-12(19)14(21)16-15-10/h9,11H,3-8H2,1-2H3,(H,15,19)(H,16,21). The summed E-state index contributed by atoms with van der Waals surface area (Å²) in [4.78, 5) is 38.4. The van der Waals surface area contributed by atoms with E-state index in [1.807, 2.05) is 4.90 Å². The van der Waals surface area contributed by atoms with E-state index < -0.39 is 11.0 Å². The Hall–Kier alpha value is -1.89. The molecular weight excluding hydrogens is 272 g/mol. The summed E-state index contributed by atoms with van der Waals surface area (Å²) in [6.45, 7) is 1.56. The van der Waals surface area contributed by atoms with Crippen LogP contribution in [0.25, 0.3) is 0 Å². The van der Waals surface area contributed by atoms with E-state index in [0.717, 1.165) is 25.9 Å². The van der Waals surface area contributed by atoms with Gasteiger partial charge in [-0.1, -0.05) is 0 Å². The van der Waals surface area contributed by atoms with Crippen LogP contribution in [0.5, 0.6) is 0 Å². The molecular formula is C14H22N4O3. The van der Waals surface area contributed by atoms with Gasteiger partial charge in [0.25, 0.3) is 0 Å². The van der Waals surface area contributed by atoms with E-state index in [-0.39, 0.29) is 5.91 Å². The summed E-state index contributed by atoms with van der Waals surface area (Å²) in [5.41, 5.74) is -0.671. The number of hydrogen-bond acceptors (Lipinski definition) is 4. The van der Waals surface area contributed by atoms with Crippen molar-refractivity contribution < 1.29 is 4.79 Å². The second kappa shape index (κ2) is 6.71. The van der Waals surface area contributed by atoms with Crippen molar-refractivity contribution in [2.45, 2.75) is 31.7 Å². The van der Waals surface area contributed by atoms with Gasteiger partial charge in [0.1, 0.15) is 0 Å². The zero-order valence-corrected chi connectivity index (χ0v) is 12.5. The number of nitrogens with zero attached hydrogens (tertiary/aromatic N) is 2. The third-order valence-corrected chi connectivity index (χ3v) is 4.02. The van der Waals surface area contributed by atoms with Crippen molar-refractivity contribution in [2.75, 3.05) is 27.2 Å². The first kappa shape index (κ1) is 15.5. The van der Waals surface area contributed by atoms with Crippen molar-refractivity contribution >= 4 is 5.91 Å². The fourth-order valence-electron chi connectivity index (χ4n) is 2.62. The van der Waals surface area contributed by atoms with Gasteiger partial charge in [0, 0.05) is 37.3 Å². The van der Waals surface area contributed by atoms with E-state index in [4.69, 9.17) is 0 Å². The van der Waals surface area contributed by atoms with Crippen LogP contribution in [0.15, 0.2) is 15.7 Å². The molecule has 0 saturated carbocycles. The Morgan fingerprint density at radius 2 is 1.95 bits per heavy atom. The Morgan fingerprint density at radius 1 is 1.29 bits per heavy atom. The van der Waals surface area contributed by atoms with Gasteiger partial charge < -0.3 is 14.9 Å². The number of H-pyrrole nitrogens is 2. The molecule has 7 nitrogen and oxygen atoms in total. The molecule has 1 aromatic rings. The van der Waals surface area contributed by atoms with Crippen molar-refractivity contribution in [3.63, 3.8) is 0 Å². The molecule has 0 unspecified atom stereocenters. The number of carbonyl (C=O) groups is 1. The first-order chi connectivity index (χ1) is 9.97. The average Bonchev–Trinajstić information content (AvgIpc) is 2.48. The molecule has 1 amide bonds. The minimum absolute atomic E-state index is 0.0965. The van der Waals surface area contributed by atoms with Gasteiger partial charge in [0.2, 0.25) is 11.3 Å². The fraction of sp³-hybridized carbons (Fsp3) is 0.643. The largest absolute Gasteiger partial charge is 0.343 e. The number of aromatic nitrogens is 2. The van der Waals surface area contributed by atoms with Crippen LogP contribution < -0.4 is 11.0 Å². The molecule has 1 saturated heterocycles. The lowest BCUT2D eigenvalue weighted by Crippen LogP contribution is -2.44. The molecule has 116 valence electrons. The number of hydrogen-bond donors (Lipinski definition) is 2. The summed E-state index contributed by atoms with van der Waals surface area (Å²) >= 11 is 0. The van der Waals surface area contributed by atoms with E-state index in [0.29, 0.717) is 24.6 Å². The SMILES string of the molecule is CN(C)C1CCN(C(=O)CCc2cc(=O)c(=O)[nH][nH]2)CC1. The van der Waals surface area contributed by atoms with Crippen molar-refractivity contribution in [1.29, 1.82) is 0 Å². The maximum Gasteiger partial charge on any atom is 0.310 e. The fourth-order valence-corrected chi connectivity index (χ4v) is 2.62. The van der Waals surface area contributed by atoms with E-state index in [2.05, 4.69) is 29.2 Å². The molecule has 1 aliphatic rings. The Kier molecular flexibility index (Phi) is 4.95. The van der Waals surface area contributed by atoms with E-state index >= 15 is 0 Å². The first-order valence-corrected chi connectivity index (χ1v) is 7.22. The summed E-state index contributed by atoms with van der Waals surface area (Å²) in [7, 11) is 4.13. The predicted molar refractivity (Wildman–Crippen MR) is 79.3 cm³/mol. The van der Waals surface area contributed by atoms with Crippen LogP contribution in [0.3, 0.4) is 0 Å². The minimum Gasteiger partial charge on any atom is -0.343 e. The van der Waals surface area contributed by atoms with Crippen LogP contribution in [0.2, 0.25) is 0 Å². The number of aryl methyl sites for hydroxylation is 1. The Morgan fingerprint density at radius 3 is 2.52 bits per heavy atom. The first-order valence-electron chi connectivity index (χ1n) is 7.22. The molecule has 0 bridgehead atoms. The highest BCUT2D eigenvalue weighted by atomic mass is 16.2. The molecule has 0 atom stereocenters. The molecule has 2 rings (SSSR count). The Balaban J connectivity index is 1.84. The number of carbonyl (C=O) groups excluding carboxylic acids is 1. The van der Waals surface area contributed by atoms with Crippen LogP contribution in [0.1, 0.15) is 25.0 Å². The third kappa shape index (κ3) is 4.04. The molecule has 21 heavy (non-hydrogen) atoms. The summed E-state index contributed by atoms with van der Waals surface area (Å²) in [6.07, 6.45) is 2.76. The van der Waals surface area contributed by atoms with Crippen molar-refractivity contribution in [2.24, 2.45) is 0 Å². The maximum absolute atomic E-state index is 12.1. The maximum atomic E-state index is 12.1. The lowest BCUT2D eigenvalue weighted by Gasteiger charge is -2.35. The molecule has 1 aromatic heterocycles. The highest BCUT2D eigenvalue weighted by Crippen LogP contribution is 2.15. The normalized spacial score (nSPS) is 16.4. The number of likely N-dealkylation sites (tertiary alicyclic amines) is 1. The average molecular weight is 294 g/mol. The van der Waals surface area contributed by atoms with E-state index in [9.17, 15) is 14.4 Å². The van der Waals surface area contributed by atoms with Crippen molar-refractivity contribution in [1.82, 2.24) is 20.0 Å². The highest BCUT2D eigenvalue weighted by molar-refractivity contribution is 5.76. The summed E-state index contributed by atoms with van der Waals surface area (Å²) in [5.74, 6) is 0.0965. The van der Waals surface area contributed by atoms with Crippen LogP contribution in [0.4, 0.5) is 0 Å². The van der Waals surface area contributed by atoms with Crippen LogP contribution in [-0.4, -0.2) is 59.1 Å². The smallest absolute Gasteiger partial charge is 0.310 e. The second-order valence-corrected chi connectivity index (χ2v) is 5.69. The van der Waals surface area contributed by atoms with Gasteiger partial charge >= 0.3 is 5.56 Å². The molecule has 2 N–H and O–H groups in total. The summed E-state index contributed by atoms with van der Waals surface area (Å²) in [5, 5.41) is 4.91. The van der Waals surface area contributed by atoms with Gasteiger partial charge in [0.15, 0.2) is 0 Å². The topological polar surface area (TPSA) is 89.3 Å². The number of nitrogens with one attached hydrogen (secondary N) is 2.